The summed E-state index contributed by atoms with van der Waals surface area (Å²) in [5, 5.41) is 13.6. The Bertz CT molecular complexity index is 1280. The summed E-state index contributed by atoms with van der Waals surface area (Å²) >= 11 is 0. The monoisotopic (exact) mass is 530 g/mol. The number of allylic oxidation sites excluding steroid dienone is 4. The highest BCUT2D eigenvalue weighted by Gasteiger charge is 2.32. The number of anilines is 1. The van der Waals surface area contributed by atoms with Gasteiger partial charge >= 0.3 is 6.03 Å². The summed E-state index contributed by atoms with van der Waals surface area (Å²) in [6, 6.07) is 16.6. The summed E-state index contributed by atoms with van der Waals surface area (Å²) in [5.41, 5.74) is 3.84. The second-order valence-corrected chi connectivity index (χ2v) is 9.77. The van der Waals surface area contributed by atoms with Crippen molar-refractivity contribution in [1.82, 2.24) is 15.1 Å². The zero-order valence-electron chi connectivity index (χ0n) is 22.8. The van der Waals surface area contributed by atoms with Crippen LogP contribution in [0.2, 0.25) is 0 Å². The number of para-hydroxylation sites is 1. The smallest absolute Gasteiger partial charge is 0.323 e. The number of likely N-dealkylation sites (N-methyl/N-ethyl adjacent to an activating group) is 1. The van der Waals surface area contributed by atoms with Gasteiger partial charge in [0.25, 0.3) is 5.91 Å². The maximum absolute atomic E-state index is 13.0. The average Bonchev–Trinajstić information content (AvgIpc) is 3.43. The summed E-state index contributed by atoms with van der Waals surface area (Å²) in [6.45, 7) is 3.42. The van der Waals surface area contributed by atoms with Crippen LogP contribution < -0.4 is 26.1 Å². The van der Waals surface area contributed by atoms with Gasteiger partial charge in [-0.25, -0.2) is 4.79 Å². The van der Waals surface area contributed by atoms with Gasteiger partial charge in [0.2, 0.25) is 0 Å². The number of benzene rings is 2. The minimum Gasteiger partial charge on any atom is -0.457 e. The molecule has 1 aliphatic carbocycles. The van der Waals surface area contributed by atoms with Gasteiger partial charge in [-0.1, -0.05) is 18.2 Å². The third-order valence-corrected chi connectivity index (χ3v) is 6.92. The molecule has 1 saturated heterocycles. The summed E-state index contributed by atoms with van der Waals surface area (Å²) < 4.78 is 5.80. The number of amides is 3. The third-order valence-electron chi connectivity index (χ3n) is 6.92. The minimum absolute atomic E-state index is 0.0478. The molecule has 39 heavy (non-hydrogen) atoms. The highest BCUT2D eigenvalue weighted by molar-refractivity contribution is 6.18. The zero-order valence-corrected chi connectivity index (χ0v) is 22.8. The van der Waals surface area contributed by atoms with Gasteiger partial charge < -0.3 is 30.5 Å². The maximum Gasteiger partial charge on any atom is 0.323 e. The lowest BCUT2D eigenvalue weighted by Crippen LogP contribution is -2.73. The van der Waals surface area contributed by atoms with Crippen molar-refractivity contribution < 1.29 is 25.1 Å². The molecule has 4 rings (SSSR count). The summed E-state index contributed by atoms with van der Waals surface area (Å²) in [6.07, 6.45) is 8.26. The van der Waals surface area contributed by atoms with E-state index in [4.69, 9.17) is 10.1 Å². The van der Waals surface area contributed by atoms with Crippen LogP contribution in [0.5, 0.6) is 11.5 Å². The molecular weight excluding hydrogens is 492 g/mol. The average molecular weight is 531 g/mol. The van der Waals surface area contributed by atoms with Crippen LogP contribution in [0.1, 0.15) is 26.2 Å². The van der Waals surface area contributed by atoms with E-state index in [1.54, 1.807) is 13.1 Å². The third kappa shape index (κ3) is 7.36. The summed E-state index contributed by atoms with van der Waals surface area (Å²) in [5.74, 6) is 1.41. The topological polar surface area (TPSA) is 116 Å². The summed E-state index contributed by atoms with van der Waals surface area (Å²) in [4.78, 5) is 29.6. The molecular formula is C30H38N6O3+2. The fraction of sp³-hybridized carbons (Fsp3) is 0.300. The van der Waals surface area contributed by atoms with Crippen molar-refractivity contribution >= 4 is 23.3 Å². The number of rotatable bonds is 9. The lowest BCUT2D eigenvalue weighted by atomic mass is 10.1. The molecule has 0 spiro atoms. The number of carbonyl (C=O) groups is 2. The lowest BCUT2D eigenvalue weighted by molar-refractivity contribution is -0.556. The molecule has 0 saturated carbocycles. The largest absolute Gasteiger partial charge is 0.457 e. The first-order valence-electron chi connectivity index (χ1n) is 13.3. The molecule has 0 radical (unpaired) electrons. The molecule has 0 bridgehead atoms. The SMILES string of the molecule is C[NH2+]/C=C(\C(C)=[NH2+])C(=O)N(C)C1CCN(C2=CC=C(NC(=O)Nc3ccc(Oc4ccccc4)cc3)CC2)C1. The molecule has 1 unspecified atom stereocenters. The number of quaternary nitrogens is 1. The molecule has 1 atom stereocenters. The van der Waals surface area contributed by atoms with E-state index in [0.717, 1.165) is 43.8 Å². The number of carbonyl (C=O) groups excluding carboxylic acids is 2. The number of urea groups is 1. The van der Waals surface area contributed by atoms with E-state index in [1.807, 2.05) is 85.0 Å². The molecule has 9 nitrogen and oxygen atoms in total. The van der Waals surface area contributed by atoms with Gasteiger partial charge in [0.1, 0.15) is 17.7 Å². The standard InChI is InChI=1S/C30H36N6O3/c1-21(31)28(19-32-2)29(37)35(3)25-17-18-36(20-25)24-13-9-22(10-14-24)33-30(38)34-23-11-15-27(16-12-23)39-26-7-5-4-6-8-26/h4-9,11-13,15-16,19,25,31-32H,10,14,17-18,20H2,1-3H3,(H2,33,34,38)/p+2/b28-19+,31-21?. The van der Waals surface area contributed by atoms with Crippen LogP contribution in [-0.2, 0) is 4.79 Å². The number of nitrogens with one attached hydrogen (secondary N) is 2. The van der Waals surface area contributed by atoms with Gasteiger partial charge in [-0.3, -0.25) is 10.2 Å². The second-order valence-electron chi connectivity index (χ2n) is 9.77. The fourth-order valence-electron chi connectivity index (χ4n) is 4.75. The van der Waals surface area contributed by atoms with Crippen molar-refractivity contribution in [1.29, 1.82) is 0 Å². The van der Waals surface area contributed by atoms with Crippen molar-refractivity contribution in [3.63, 3.8) is 0 Å². The van der Waals surface area contributed by atoms with Crippen molar-refractivity contribution in [2.24, 2.45) is 0 Å². The van der Waals surface area contributed by atoms with Crippen LogP contribution in [0.15, 0.2) is 89.9 Å². The van der Waals surface area contributed by atoms with Crippen LogP contribution in [0, 0.1) is 0 Å². The number of likely N-dealkylation sites (tertiary alicyclic amines) is 1. The van der Waals surface area contributed by atoms with Gasteiger partial charge in [0.05, 0.1) is 13.1 Å². The number of hydrogen-bond donors (Lipinski definition) is 4. The van der Waals surface area contributed by atoms with E-state index >= 15 is 0 Å². The van der Waals surface area contributed by atoms with Gasteiger partial charge in [-0.05, 0) is 67.8 Å². The molecule has 2 aromatic carbocycles. The van der Waals surface area contributed by atoms with Crippen LogP contribution in [-0.4, -0.2) is 60.7 Å². The molecule has 204 valence electrons. The Labute approximate surface area is 229 Å². The quantitative estimate of drug-likeness (QED) is 0.293. The lowest BCUT2D eigenvalue weighted by Gasteiger charge is -2.28. The van der Waals surface area contributed by atoms with E-state index < -0.39 is 0 Å². The van der Waals surface area contributed by atoms with Crippen molar-refractivity contribution in [2.75, 3.05) is 32.5 Å². The first-order valence-corrected chi connectivity index (χ1v) is 13.3. The summed E-state index contributed by atoms with van der Waals surface area (Å²) in [7, 11) is 3.73. The van der Waals surface area contributed by atoms with Gasteiger partial charge in [-0.2, -0.15) is 0 Å². The normalized spacial score (nSPS) is 17.2. The van der Waals surface area contributed by atoms with Crippen molar-refractivity contribution in [2.45, 2.75) is 32.2 Å². The fourth-order valence-corrected chi connectivity index (χ4v) is 4.75. The van der Waals surface area contributed by atoms with Gasteiger partial charge in [-0.15, -0.1) is 0 Å². The van der Waals surface area contributed by atoms with E-state index in [1.165, 1.54) is 5.70 Å². The van der Waals surface area contributed by atoms with Crippen molar-refractivity contribution in [3.8, 4) is 11.5 Å². The Morgan fingerprint density at radius 2 is 1.77 bits per heavy atom. The van der Waals surface area contributed by atoms with Gasteiger partial charge in [0, 0.05) is 44.1 Å². The second kappa shape index (κ2) is 12.9. The molecule has 0 aromatic heterocycles. The molecule has 2 aliphatic rings. The van der Waals surface area contributed by atoms with Gasteiger partial charge in [0.15, 0.2) is 11.3 Å². The molecule has 2 aromatic rings. The van der Waals surface area contributed by atoms with Crippen molar-refractivity contribution in [3.05, 3.63) is 89.9 Å². The number of nitrogens with zero attached hydrogens (tertiary/aromatic N) is 2. The maximum atomic E-state index is 13.0. The number of nitrogens with two attached hydrogens (primary N) is 2. The Morgan fingerprint density at radius 1 is 1.05 bits per heavy atom. The minimum atomic E-state index is -0.281. The Kier molecular flexibility index (Phi) is 9.17. The molecule has 6 N–H and O–H groups in total. The highest BCUT2D eigenvalue weighted by Crippen LogP contribution is 2.27. The van der Waals surface area contributed by atoms with Crippen LogP contribution in [0.3, 0.4) is 0 Å². The van der Waals surface area contributed by atoms with E-state index in [2.05, 4.69) is 21.6 Å². The Balaban J connectivity index is 1.27. The molecule has 1 heterocycles. The zero-order chi connectivity index (χ0) is 27.8. The van der Waals surface area contributed by atoms with Crippen LogP contribution in [0.4, 0.5) is 10.5 Å². The molecule has 1 fully saturated rings. The van der Waals surface area contributed by atoms with E-state index in [-0.39, 0.29) is 18.0 Å². The van der Waals surface area contributed by atoms with E-state index in [9.17, 15) is 9.59 Å². The van der Waals surface area contributed by atoms with Crippen LogP contribution in [0.25, 0.3) is 0 Å². The Hall–Kier alpha value is -4.37. The highest BCUT2D eigenvalue weighted by atomic mass is 16.5. The van der Waals surface area contributed by atoms with Crippen LogP contribution >= 0.6 is 0 Å². The first-order chi connectivity index (χ1) is 18.8. The number of hydrogen-bond acceptors (Lipinski definition) is 4. The first kappa shape index (κ1) is 27.7. The predicted molar refractivity (Wildman–Crippen MR) is 152 cm³/mol. The molecule has 3 amide bonds. The van der Waals surface area contributed by atoms with E-state index in [0.29, 0.717) is 22.7 Å². The molecule has 9 heteroatoms. The predicted octanol–water partition coefficient (Wildman–Crippen LogP) is 1.99. The number of ether oxygens (including phenoxy) is 1. The Morgan fingerprint density at radius 3 is 2.41 bits per heavy atom. The molecule has 1 aliphatic heterocycles.